The number of carboxylic acid groups (broad SMARTS) is 1. The van der Waals surface area contributed by atoms with E-state index in [2.05, 4.69) is 16.1 Å². The number of nitrogens with one attached hydrogen (secondary N) is 1. The third kappa shape index (κ3) is 6.21. The normalized spacial score (nSPS) is 12.0. The third-order valence-corrected chi connectivity index (χ3v) is 4.23. The maximum absolute atomic E-state index is 11.9. The van der Waals surface area contributed by atoms with Crippen LogP contribution in [0, 0.1) is 5.92 Å². The number of rotatable bonds is 8. The maximum Gasteiger partial charge on any atom is 0.353 e. The van der Waals surface area contributed by atoms with Crippen molar-refractivity contribution in [1.82, 2.24) is 5.32 Å². The van der Waals surface area contributed by atoms with Gasteiger partial charge in [-0.25, -0.2) is 9.59 Å². The molecule has 0 saturated heterocycles. The Hall–Kier alpha value is -2.68. The molecule has 0 heterocycles. The molecule has 0 radical (unpaired) electrons. The van der Waals surface area contributed by atoms with E-state index in [0.29, 0.717) is 0 Å². The predicted molar refractivity (Wildman–Crippen MR) is 85.0 cm³/mol. The van der Waals surface area contributed by atoms with Crippen molar-refractivity contribution in [1.29, 1.82) is 0 Å². The monoisotopic (exact) mass is 355 g/mol. The van der Waals surface area contributed by atoms with Crippen LogP contribution in [-0.2, 0) is 19.1 Å². The van der Waals surface area contributed by atoms with Crippen molar-refractivity contribution < 1.29 is 32.1 Å². The van der Waals surface area contributed by atoms with E-state index in [1.54, 1.807) is 6.92 Å². The zero-order valence-electron chi connectivity index (χ0n) is 12.9. The Balaban J connectivity index is 2.71. The van der Waals surface area contributed by atoms with E-state index in [1.165, 1.54) is 18.2 Å². The van der Waals surface area contributed by atoms with Crippen LogP contribution in [0.2, 0.25) is 0 Å². The number of amides is 1. The van der Waals surface area contributed by atoms with Gasteiger partial charge in [0, 0.05) is 6.54 Å². The van der Waals surface area contributed by atoms with E-state index < -0.39 is 39.6 Å². The van der Waals surface area contributed by atoms with E-state index in [4.69, 9.17) is 5.11 Å². The highest BCUT2D eigenvalue weighted by molar-refractivity contribution is 7.87. The summed E-state index contributed by atoms with van der Waals surface area (Å²) in [4.78, 5) is 33.7. The third-order valence-electron chi connectivity index (χ3n) is 2.85. The molecule has 0 spiro atoms. The van der Waals surface area contributed by atoms with Gasteiger partial charge in [0.2, 0.25) is 5.91 Å². The van der Waals surface area contributed by atoms with Gasteiger partial charge in [0.25, 0.3) is 0 Å². The number of carboxylic acids is 1. The van der Waals surface area contributed by atoms with Crippen molar-refractivity contribution in [2.24, 2.45) is 5.92 Å². The second-order valence-electron chi connectivity index (χ2n) is 5.04. The predicted octanol–water partition coefficient (Wildman–Crippen LogP) is 0.810. The molecule has 0 aromatic heterocycles. The summed E-state index contributed by atoms with van der Waals surface area (Å²) in [6.45, 7) is 4.89. The molecule has 0 aliphatic carbocycles. The lowest BCUT2D eigenvalue weighted by Crippen LogP contribution is -2.31. The summed E-state index contributed by atoms with van der Waals surface area (Å²) in [5, 5.41) is 11.3. The molecule has 0 aliphatic rings. The molecular weight excluding hydrogens is 338 g/mol. The van der Waals surface area contributed by atoms with Crippen LogP contribution in [0.4, 0.5) is 0 Å². The minimum Gasteiger partial charge on any atom is -0.478 e. The summed E-state index contributed by atoms with van der Waals surface area (Å²) in [6, 6.07) is 4.84. The highest BCUT2D eigenvalue weighted by Crippen LogP contribution is 2.11. The van der Waals surface area contributed by atoms with E-state index in [1.807, 2.05) is 0 Å². The van der Waals surface area contributed by atoms with Gasteiger partial charge in [0.1, 0.15) is 0 Å². The SMILES string of the molecule is C=CC(=O)NCC(C)CS(=O)(=O)OC(=O)c1cccc(C(=O)O)c1. The zero-order valence-corrected chi connectivity index (χ0v) is 13.7. The molecule has 8 nitrogen and oxygen atoms in total. The number of carbonyl (C=O) groups is 3. The lowest BCUT2D eigenvalue weighted by atomic mass is 10.1. The Morgan fingerprint density at radius 1 is 1.33 bits per heavy atom. The molecule has 0 saturated carbocycles. The summed E-state index contributed by atoms with van der Waals surface area (Å²) in [6.07, 6.45) is 1.05. The summed E-state index contributed by atoms with van der Waals surface area (Å²) in [5.41, 5.74) is -0.353. The molecule has 1 rings (SSSR count). The quantitative estimate of drug-likeness (QED) is 0.522. The number of aromatic carboxylic acids is 1. The molecule has 1 amide bonds. The van der Waals surface area contributed by atoms with Gasteiger partial charge in [-0.3, -0.25) is 4.79 Å². The molecule has 24 heavy (non-hydrogen) atoms. The van der Waals surface area contributed by atoms with Gasteiger partial charge in [0.05, 0.1) is 16.9 Å². The Bertz CT molecular complexity index is 755. The first-order valence-electron chi connectivity index (χ1n) is 6.84. The van der Waals surface area contributed by atoms with Crippen molar-refractivity contribution in [3.8, 4) is 0 Å². The van der Waals surface area contributed by atoms with Crippen LogP contribution in [0.5, 0.6) is 0 Å². The molecular formula is C15H17NO7S. The van der Waals surface area contributed by atoms with Crippen molar-refractivity contribution in [3.05, 3.63) is 48.0 Å². The highest BCUT2D eigenvalue weighted by Gasteiger charge is 2.22. The second-order valence-corrected chi connectivity index (χ2v) is 6.65. The van der Waals surface area contributed by atoms with Crippen LogP contribution in [0.15, 0.2) is 36.9 Å². The van der Waals surface area contributed by atoms with Crippen molar-refractivity contribution in [2.45, 2.75) is 6.92 Å². The molecule has 130 valence electrons. The Kier molecular flexibility index (Phi) is 6.66. The minimum atomic E-state index is -4.19. The van der Waals surface area contributed by atoms with Crippen LogP contribution in [0.3, 0.4) is 0 Å². The van der Waals surface area contributed by atoms with Gasteiger partial charge < -0.3 is 14.6 Å². The molecule has 0 aliphatic heterocycles. The lowest BCUT2D eigenvalue weighted by molar-refractivity contribution is -0.116. The van der Waals surface area contributed by atoms with Crippen LogP contribution in [0.1, 0.15) is 27.6 Å². The molecule has 0 fully saturated rings. The number of hydrogen-bond acceptors (Lipinski definition) is 6. The topological polar surface area (TPSA) is 127 Å². The highest BCUT2D eigenvalue weighted by atomic mass is 32.2. The summed E-state index contributed by atoms with van der Waals surface area (Å²) >= 11 is 0. The second kappa shape index (κ2) is 8.25. The average Bonchev–Trinajstić information content (AvgIpc) is 2.51. The van der Waals surface area contributed by atoms with Crippen LogP contribution in [-0.4, -0.2) is 43.7 Å². The van der Waals surface area contributed by atoms with Crippen LogP contribution >= 0.6 is 0 Å². The lowest BCUT2D eigenvalue weighted by Gasteiger charge is -2.12. The number of benzene rings is 1. The van der Waals surface area contributed by atoms with Gasteiger partial charge >= 0.3 is 22.1 Å². The van der Waals surface area contributed by atoms with E-state index in [-0.39, 0.29) is 17.7 Å². The van der Waals surface area contributed by atoms with Crippen molar-refractivity contribution in [3.63, 3.8) is 0 Å². The van der Waals surface area contributed by atoms with Gasteiger partial charge in [-0.1, -0.05) is 19.6 Å². The fraction of sp³-hybridized carbons (Fsp3) is 0.267. The summed E-state index contributed by atoms with van der Waals surface area (Å²) in [5.74, 6) is -3.85. The van der Waals surface area contributed by atoms with Crippen molar-refractivity contribution >= 4 is 28.0 Å². The Morgan fingerprint density at radius 3 is 2.54 bits per heavy atom. The van der Waals surface area contributed by atoms with Crippen molar-refractivity contribution in [2.75, 3.05) is 12.3 Å². The van der Waals surface area contributed by atoms with Gasteiger partial charge in [0.15, 0.2) is 0 Å². The van der Waals surface area contributed by atoms with Crippen LogP contribution < -0.4 is 5.32 Å². The summed E-state index contributed by atoms with van der Waals surface area (Å²) in [7, 11) is -4.19. The molecule has 0 bridgehead atoms. The first-order chi connectivity index (χ1) is 11.1. The van der Waals surface area contributed by atoms with E-state index in [0.717, 1.165) is 12.1 Å². The molecule has 1 atom stereocenters. The fourth-order valence-corrected chi connectivity index (χ4v) is 2.94. The fourth-order valence-electron chi connectivity index (χ4n) is 1.73. The first kappa shape index (κ1) is 19.4. The smallest absolute Gasteiger partial charge is 0.353 e. The first-order valence-corrected chi connectivity index (χ1v) is 8.42. The number of carbonyl (C=O) groups excluding carboxylic acids is 2. The van der Waals surface area contributed by atoms with E-state index >= 15 is 0 Å². The minimum absolute atomic E-state index is 0.0656. The standard InChI is InChI=1S/C15H17NO7S/c1-3-13(17)16-8-10(2)9-24(21,22)23-15(20)12-6-4-5-11(7-12)14(18)19/h3-7,10H,1,8-9H2,2H3,(H,16,17)(H,18,19). The van der Waals surface area contributed by atoms with E-state index in [9.17, 15) is 22.8 Å². The Morgan fingerprint density at radius 2 is 1.96 bits per heavy atom. The maximum atomic E-state index is 11.9. The average molecular weight is 355 g/mol. The van der Waals surface area contributed by atoms with Gasteiger partial charge in [-0.05, 0) is 30.2 Å². The molecule has 2 N–H and O–H groups in total. The molecule has 1 unspecified atom stereocenters. The number of hydrogen-bond donors (Lipinski definition) is 2. The Labute approximate surface area is 139 Å². The van der Waals surface area contributed by atoms with Gasteiger partial charge in [-0.2, -0.15) is 8.42 Å². The largest absolute Gasteiger partial charge is 0.478 e. The summed E-state index contributed by atoms with van der Waals surface area (Å²) < 4.78 is 28.2. The molecule has 9 heteroatoms. The molecule has 1 aromatic carbocycles. The van der Waals surface area contributed by atoms with Crippen LogP contribution in [0.25, 0.3) is 0 Å². The zero-order chi connectivity index (χ0) is 18.3. The van der Waals surface area contributed by atoms with Gasteiger partial charge in [-0.15, -0.1) is 0 Å². The molecule has 1 aromatic rings.